The first-order valence-corrected chi connectivity index (χ1v) is 10.7. The maximum Gasteiger partial charge on any atom is 0.0705 e. The van der Waals surface area contributed by atoms with Crippen LogP contribution in [-0.2, 0) is 13.0 Å². The van der Waals surface area contributed by atoms with Crippen LogP contribution in [0.2, 0.25) is 0 Å². The lowest BCUT2D eigenvalue weighted by atomic mass is 9.81. The van der Waals surface area contributed by atoms with Gasteiger partial charge in [0, 0.05) is 12.5 Å². The van der Waals surface area contributed by atoms with Gasteiger partial charge in [-0.25, -0.2) is 6.07 Å². The third-order valence-electron chi connectivity index (χ3n) is 5.58. The van der Waals surface area contributed by atoms with E-state index in [1.165, 1.54) is 16.7 Å². The molecule has 0 aromatic heterocycles. The Morgan fingerprint density at radius 1 is 1.11 bits per heavy atom. The highest BCUT2D eigenvalue weighted by molar-refractivity contribution is 5.33. The average Bonchev–Trinajstić information content (AvgIpc) is 3.21. The van der Waals surface area contributed by atoms with Crippen LogP contribution in [0.1, 0.15) is 43.2 Å². The molecule has 0 spiro atoms. The van der Waals surface area contributed by atoms with Crippen LogP contribution < -0.4 is 5.73 Å². The molecule has 0 amide bonds. The van der Waals surface area contributed by atoms with E-state index in [1.807, 2.05) is 0 Å². The van der Waals surface area contributed by atoms with Crippen LogP contribution >= 0.6 is 0 Å². The lowest BCUT2D eigenvalue weighted by Crippen LogP contribution is -2.34. The van der Waals surface area contributed by atoms with E-state index in [0.29, 0.717) is 5.92 Å². The summed E-state index contributed by atoms with van der Waals surface area (Å²) in [5.74, 6) is 0.409. The van der Waals surface area contributed by atoms with Gasteiger partial charge in [0.25, 0.3) is 0 Å². The molecule has 4 nitrogen and oxygen atoms in total. The topological polar surface area (TPSA) is 52.7 Å². The predicted octanol–water partition coefficient (Wildman–Crippen LogP) is 3.32. The van der Waals surface area contributed by atoms with Gasteiger partial charge in [-0.3, -0.25) is 0 Å². The highest BCUT2D eigenvalue weighted by Gasteiger charge is 2.30. The smallest absolute Gasteiger partial charge is 0.0705 e. The van der Waals surface area contributed by atoms with Crippen LogP contribution in [0.4, 0.5) is 0 Å². The van der Waals surface area contributed by atoms with E-state index in [4.69, 9.17) is 5.73 Å². The van der Waals surface area contributed by atoms with Crippen molar-refractivity contribution in [1.82, 2.24) is 9.80 Å². The summed E-state index contributed by atoms with van der Waals surface area (Å²) in [5, 5.41) is 11.7. The largest absolute Gasteiger partial charge is 0.389 e. The van der Waals surface area contributed by atoms with Crippen molar-refractivity contribution in [1.29, 1.82) is 0 Å². The molecular weight excluding hydrogens is 346 g/mol. The molecule has 0 bridgehead atoms. The summed E-state index contributed by atoms with van der Waals surface area (Å²) in [6, 6.07) is 6.49. The minimum Gasteiger partial charge on any atom is -0.389 e. The number of hydrogen-bond acceptors (Lipinski definition) is 4. The summed E-state index contributed by atoms with van der Waals surface area (Å²) < 4.78 is 0. The zero-order chi connectivity index (χ0) is 20.6. The van der Waals surface area contributed by atoms with E-state index in [1.54, 1.807) is 0 Å². The molecule has 158 valence electrons. The predicted molar refractivity (Wildman–Crippen MR) is 119 cm³/mol. The van der Waals surface area contributed by atoms with Gasteiger partial charge < -0.3 is 20.6 Å². The third-order valence-corrected chi connectivity index (χ3v) is 5.58. The number of unbranched alkanes of at least 4 members (excludes halogenated alkanes) is 2. The van der Waals surface area contributed by atoms with Crippen molar-refractivity contribution in [3.05, 3.63) is 53.1 Å². The van der Waals surface area contributed by atoms with E-state index in [2.05, 4.69) is 74.4 Å². The summed E-state index contributed by atoms with van der Waals surface area (Å²) in [5.41, 5.74) is 8.93. The Bertz CT molecular complexity index is 644. The van der Waals surface area contributed by atoms with Crippen LogP contribution in [-0.4, -0.2) is 61.8 Å². The fraction of sp³-hybridized carbons (Fsp3) is 0.625. The van der Waals surface area contributed by atoms with Gasteiger partial charge in [0.15, 0.2) is 0 Å². The first kappa shape index (κ1) is 23.0. The molecule has 1 aliphatic carbocycles. The highest BCUT2D eigenvalue weighted by atomic mass is 16.3. The molecule has 1 aliphatic rings. The molecule has 1 aromatic carbocycles. The van der Waals surface area contributed by atoms with Crippen LogP contribution in [0.3, 0.4) is 0 Å². The normalized spacial score (nSPS) is 18.9. The summed E-state index contributed by atoms with van der Waals surface area (Å²) in [7, 11) is 8.41. The molecular formula is C24H40N3O-. The van der Waals surface area contributed by atoms with E-state index in [-0.39, 0.29) is 0 Å². The Morgan fingerprint density at radius 2 is 1.89 bits per heavy atom. The van der Waals surface area contributed by atoms with E-state index >= 15 is 0 Å². The molecule has 4 heteroatoms. The van der Waals surface area contributed by atoms with Crippen molar-refractivity contribution in [2.24, 2.45) is 11.7 Å². The number of nitrogens with zero attached hydrogens (tertiary/aromatic N) is 2. The van der Waals surface area contributed by atoms with Crippen molar-refractivity contribution >= 4 is 0 Å². The van der Waals surface area contributed by atoms with Crippen molar-refractivity contribution in [2.45, 2.75) is 50.7 Å². The number of hydrogen-bond donors (Lipinski definition) is 2. The second kappa shape index (κ2) is 11.0. The van der Waals surface area contributed by atoms with Crippen LogP contribution in [0, 0.1) is 5.92 Å². The average molecular weight is 387 g/mol. The van der Waals surface area contributed by atoms with Gasteiger partial charge in [-0.2, -0.15) is 23.3 Å². The van der Waals surface area contributed by atoms with Gasteiger partial charge in [0.1, 0.15) is 0 Å². The number of rotatable bonds is 13. The van der Waals surface area contributed by atoms with E-state index in [0.717, 1.165) is 58.2 Å². The number of nitrogens with two attached hydrogens (primary N) is 1. The molecule has 0 saturated carbocycles. The maximum absolute atomic E-state index is 11.7. The lowest BCUT2D eigenvalue weighted by molar-refractivity contribution is 0.0273. The Labute approximate surface area is 172 Å². The summed E-state index contributed by atoms with van der Waals surface area (Å²) >= 11 is 0. The molecule has 2 rings (SSSR count). The van der Waals surface area contributed by atoms with Crippen molar-refractivity contribution in [3.8, 4) is 0 Å². The van der Waals surface area contributed by atoms with Crippen molar-refractivity contribution < 1.29 is 5.11 Å². The molecule has 2 unspecified atom stereocenters. The number of allylic oxidation sites excluding steroid dienone is 2. The monoisotopic (exact) mass is 386 g/mol. The van der Waals surface area contributed by atoms with Crippen LogP contribution in [0.15, 0.2) is 42.0 Å². The Kier molecular flexibility index (Phi) is 9.03. The lowest BCUT2D eigenvalue weighted by Gasteiger charge is -2.33. The highest BCUT2D eigenvalue weighted by Crippen LogP contribution is 2.34. The molecule has 0 aliphatic heterocycles. The molecule has 0 saturated heterocycles. The maximum atomic E-state index is 11.7. The fourth-order valence-corrected chi connectivity index (χ4v) is 4.23. The minimum atomic E-state index is -0.702. The number of aliphatic hydroxyl groups is 1. The molecule has 2 atom stereocenters. The standard InChI is InChI=1S/C24H40N3O/c1-26(2)18-22-12-8-10-20(22)16-24(28,14-6-5-7-15-25)17-21-11-9-13-23(21)19-27(3)4/h8-13,22,28H,5-7,14-19,25H2,1-4H3/q-1. The fourth-order valence-electron chi connectivity index (χ4n) is 4.23. The molecule has 3 N–H and O–H groups in total. The Morgan fingerprint density at radius 3 is 2.57 bits per heavy atom. The Balaban J connectivity index is 2.12. The summed E-state index contributed by atoms with van der Waals surface area (Å²) in [4.78, 5) is 4.41. The van der Waals surface area contributed by atoms with E-state index < -0.39 is 5.60 Å². The zero-order valence-corrected chi connectivity index (χ0v) is 18.3. The van der Waals surface area contributed by atoms with Gasteiger partial charge in [0.2, 0.25) is 0 Å². The quantitative estimate of drug-likeness (QED) is 0.403. The zero-order valence-electron chi connectivity index (χ0n) is 18.3. The van der Waals surface area contributed by atoms with Crippen LogP contribution in [0.25, 0.3) is 0 Å². The van der Waals surface area contributed by atoms with Crippen molar-refractivity contribution in [2.75, 3.05) is 41.3 Å². The molecule has 1 aromatic rings. The van der Waals surface area contributed by atoms with Gasteiger partial charge in [-0.05, 0) is 67.0 Å². The summed E-state index contributed by atoms with van der Waals surface area (Å²) in [6.45, 7) is 2.64. The SMILES string of the molecule is CN(C)Cc1cc[cH-]c1CC(O)(CCCCCN)CC1=CC=CC1CN(C)C. The first-order chi connectivity index (χ1) is 13.3. The minimum absolute atomic E-state index is 0.409. The summed E-state index contributed by atoms with van der Waals surface area (Å²) in [6.07, 6.45) is 12.1. The van der Waals surface area contributed by atoms with Crippen LogP contribution in [0.5, 0.6) is 0 Å². The molecule has 28 heavy (non-hydrogen) atoms. The molecule has 0 radical (unpaired) electrons. The first-order valence-electron chi connectivity index (χ1n) is 10.7. The second-order valence-corrected chi connectivity index (χ2v) is 8.99. The third kappa shape index (κ3) is 7.25. The Hall–Kier alpha value is -1.33. The van der Waals surface area contributed by atoms with Gasteiger partial charge in [0.05, 0.1) is 5.60 Å². The van der Waals surface area contributed by atoms with Gasteiger partial charge in [-0.15, -0.1) is 0 Å². The molecule has 0 heterocycles. The molecule has 0 fully saturated rings. The van der Waals surface area contributed by atoms with Gasteiger partial charge >= 0.3 is 0 Å². The van der Waals surface area contributed by atoms with Crippen molar-refractivity contribution in [3.63, 3.8) is 0 Å². The second-order valence-electron chi connectivity index (χ2n) is 8.99. The van der Waals surface area contributed by atoms with E-state index in [9.17, 15) is 5.11 Å². The van der Waals surface area contributed by atoms with Gasteiger partial charge in [-0.1, -0.05) is 36.6 Å².